The number of aliphatic hydroxyl groups is 1. The maximum atomic E-state index is 14.3. The van der Waals surface area contributed by atoms with Gasteiger partial charge in [-0.25, -0.2) is 4.39 Å². The van der Waals surface area contributed by atoms with Crippen molar-refractivity contribution in [3.05, 3.63) is 34.6 Å². The number of benzene rings is 1. The van der Waals surface area contributed by atoms with E-state index in [1.165, 1.54) is 12.1 Å². The van der Waals surface area contributed by atoms with Gasteiger partial charge in [0.1, 0.15) is 5.82 Å². The summed E-state index contributed by atoms with van der Waals surface area (Å²) in [6.07, 6.45) is 2.22. The first-order chi connectivity index (χ1) is 10.3. The minimum atomic E-state index is -1.13. The molecule has 1 heterocycles. The van der Waals surface area contributed by atoms with Crippen LogP contribution in [0.1, 0.15) is 43.4 Å². The van der Waals surface area contributed by atoms with Crippen molar-refractivity contribution in [1.29, 1.82) is 5.26 Å². The van der Waals surface area contributed by atoms with Crippen LogP contribution in [0, 0.1) is 28.5 Å². The standard InChI is InChI=1S/C18H23FN2O/c1-17(2)10-14-15(19)5-4-12(11-20)16(14)18(17,22)13-6-8-21(3)9-7-13/h4-5,13,22H,6-10H2,1-3H3. The second-order valence-electron chi connectivity index (χ2n) is 7.46. The number of halogens is 1. The number of nitriles is 1. The Bertz CT molecular complexity index is 641. The first-order valence-electron chi connectivity index (χ1n) is 7.94. The second-order valence-corrected chi connectivity index (χ2v) is 7.46. The number of hydrogen-bond donors (Lipinski definition) is 1. The molecule has 0 amide bonds. The molecule has 0 spiro atoms. The summed E-state index contributed by atoms with van der Waals surface area (Å²) in [5.41, 5.74) is -0.0936. The van der Waals surface area contributed by atoms with Crippen molar-refractivity contribution < 1.29 is 9.50 Å². The molecule has 1 unspecified atom stereocenters. The van der Waals surface area contributed by atoms with Crippen LogP contribution in [-0.2, 0) is 12.0 Å². The molecule has 0 saturated carbocycles. The van der Waals surface area contributed by atoms with Crippen LogP contribution in [0.3, 0.4) is 0 Å². The molecule has 3 nitrogen and oxygen atoms in total. The van der Waals surface area contributed by atoms with Gasteiger partial charge in [0.15, 0.2) is 0 Å². The molecule has 1 aliphatic carbocycles. The predicted molar refractivity (Wildman–Crippen MR) is 82.7 cm³/mol. The Morgan fingerprint density at radius 1 is 1.32 bits per heavy atom. The van der Waals surface area contributed by atoms with E-state index < -0.39 is 11.0 Å². The largest absolute Gasteiger partial charge is 0.384 e. The zero-order valence-corrected chi connectivity index (χ0v) is 13.5. The molecule has 0 radical (unpaired) electrons. The van der Waals surface area contributed by atoms with Gasteiger partial charge >= 0.3 is 0 Å². The molecule has 3 rings (SSSR count). The molecular weight excluding hydrogens is 279 g/mol. The quantitative estimate of drug-likeness (QED) is 0.868. The van der Waals surface area contributed by atoms with Crippen LogP contribution >= 0.6 is 0 Å². The highest BCUT2D eigenvalue weighted by Gasteiger charge is 2.57. The second kappa shape index (κ2) is 5.04. The number of likely N-dealkylation sites (tertiary alicyclic amines) is 1. The summed E-state index contributed by atoms with van der Waals surface area (Å²) < 4.78 is 14.3. The average Bonchev–Trinajstić information content (AvgIpc) is 2.70. The number of rotatable bonds is 1. The fourth-order valence-electron chi connectivity index (χ4n) is 4.42. The molecule has 0 aromatic heterocycles. The van der Waals surface area contributed by atoms with E-state index in [1.54, 1.807) is 0 Å². The highest BCUT2D eigenvalue weighted by Crippen LogP contribution is 2.57. The monoisotopic (exact) mass is 302 g/mol. The molecule has 2 aliphatic rings. The molecule has 0 bridgehead atoms. The molecule has 1 fully saturated rings. The van der Waals surface area contributed by atoms with E-state index in [0.717, 1.165) is 25.9 Å². The van der Waals surface area contributed by atoms with Crippen molar-refractivity contribution in [2.75, 3.05) is 20.1 Å². The lowest BCUT2D eigenvalue weighted by molar-refractivity contribution is -0.121. The molecule has 1 saturated heterocycles. The maximum absolute atomic E-state index is 14.3. The summed E-state index contributed by atoms with van der Waals surface area (Å²) in [5, 5.41) is 21.1. The highest BCUT2D eigenvalue weighted by molar-refractivity contribution is 5.52. The van der Waals surface area contributed by atoms with Gasteiger partial charge in [-0.1, -0.05) is 13.8 Å². The van der Waals surface area contributed by atoms with Crippen molar-refractivity contribution in [3.8, 4) is 6.07 Å². The molecule has 1 aromatic rings. The van der Waals surface area contributed by atoms with E-state index >= 15 is 0 Å². The van der Waals surface area contributed by atoms with Crippen LogP contribution in [0.15, 0.2) is 12.1 Å². The Labute approximate surface area is 131 Å². The van der Waals surface area contributed by atoms with Crippen LogP contribution in [0.5, 0.6) is 0 Å². The summed E-state index contributed by atoms with van der Waals surface area (Å²) in [6.45, 7) is 5.84. The lowest BCUT2D eigenvalue weighted by Gasteiger charge is -2.46. The van der Waals surface area contributed by atoms with Crippen LogP contribution in [0.25, 0.3) is 0 Å². The van der Waals surface area contributed by atoms with E-state index in [2.05, 4.69) is 18.0 Å². The fourth-order valence-corrected chi connectivity index (χ4v) is 4.42. The topological polar surface area (TPSA) is 47.3 Å². The number of nitrogens with zero attached hydrogens (tertiary/aromatic N) is 2. The van der Waals surface area contributed by atoms with Crippen LogP contribution in [0.4, 0.5) is 4.39 Å². The molecule has 22 heavy (non-hydrogen) atoms. The molecule has 4 heteroatoms. The Morgan fingerprint density at radius 3 is 2.55 bits per heavy atom. The first-order valence-corrected chi connectivity index (χ1v) is 7.94. The molecule has 1 atom stereocenters. The summed E-state index contributed by atoms with van der Waals surface area (Å²) in [7, 11) is 2.08. The van der Waals surface area contributed by atoms with Gasteiger partial charge in [0.25, 0.3) is 0 Å². The van der Waals surface area contributed by atoms with Crippen molar-refractivity contribution >= 4 is 0 Å². The summed E-state index contributed by atoms with van der Waals surface area (Å²) in [4.78, 5) is 2.25. The maximum Gasteiger partial charge on any atom is 0.126 e. The van der Waals surface area contributed by atoms with Crippen molar-refractivity contribution in [1.82, 2.24) is 4.90 Å². The number of hydrogen-bond acceptors (Lipinski definition) is 3. The Kier molecular flexibility index (Phi) is 3.54. The van der Waals surface area contributed by atoms with Crippen molar-refractivity contribution in [3.63, 3.8) is 0 Å². The van der Waals surface area contributed by atoms with E-state index in [4.69, 9.17) is 0 Å². The molecule has 118 valence electrons. The smallest absolute Gasteiger partial charge is 0.126 e. The van der Waals surface area contributed by atoms with Crippen LogP contribution < -0.4 is 0 Å². The lowest BCUT2D eigenvalue weighted by Crippen LogP contribution is -2.49. The van der Waals surface area contributed by atoms with Gasteiger partial charge in [-0.15, -0.1) is 0 Å². The fraction of sp³-hybridized carbons (Fsp3) is 0.611. The van der Waals surface area contributed by atoms with Gasteiger partial charge in [0, 0.05) is 11.0 Å². The minimum absolute atomic E-state index is 0.0637. The summed E-state index contributed by atoms with van der Waals surface area (Å²) >= 11 is 0. The van der Waals surface area contributed by atoms with Gasteiger partial charge < -0.3 is 10.0 Å². The highest BCUT2D eigenvalue weighted by atomic mass is 19.1. The minimum Gasteiger partial charge on any atom is -0.384 e. The Morgan fingerprint density at radius 2 is 1.95 bits per heavy atom. The van der Waals surface area contributed by atoms with E-state index in [9.17, 15) is 14.8 Å². The van der Waals surface area contributed by atoms with Gasteiger partial charge in [-0.2, -0.15) is 5.26 Å². The lowest BCUT2D eigenvalue weighted by atomic mass is 9.65. The zero-order chi connectivity index (χ0) is 16.1. The molecular formula is C18H23FN2O. The van der Waals surface area contributed by atoms with Gasteiger partial charge in [0.2, 0.25) is 0 Å². The summed E-state index contributed by atoms with van der Waals surface area (Å²) in [6, 6.07) is 5.02. The van der Waals surface area contributed by atoms with Crippen molar-refractivity contribution in [2.24, 2.45) is 11.3 Å². The van der Waals surface area contributed by atoms with E-state index in [0.29, 0.717) is 23.1 Å². The predicted octanol–water partition coefficient (Wildman–Crippen LogP) is 2.81. The third-order valence-corrected chi connectivity index (χ3v) is 5.72. The normalized spacial score (nSPS) is 28.4. The third kappa shape index (κ3) is 2.00. The number of fused-ring (bicyclic) bond motifs is 1. The van der Waals surface area contributed by atoms with Gasteiger partial charge in [0.05, 0.1) is 17.2 Å². The number of piperidine rings is 1. The van der Waals surface area contributed by atoms with E-state index in [1.807, 2.05) is 13.8 Å². The first kappa shape index (κ1) is 15.5. The van der Waals surface area contributed by atoms with Crippen LogP contribution in [-0.4, -0.2) is 30.1 Å². The molecule has 1 N–H and O–H groups in total. The SMILES string of the molecule is CN1CCC(C2(O)c3c(C#N)ccc(F)c3CC2(C)C)CC1. The van der Waals surface area contributed by atoms with Crippen LogP contribution in [0.2, 0.25) is 0 Å². The molecule has 1 aliphatic heterocycles. The zero-order valence-electron chi connectivity index (χ0n) is 13.5. The van der Waals surface area contributed by atoms with E-state index in [-0.39, 0.29) is 11.7 Å². The summed E-state index contributed by atoms with van der Waals surface area (Å²) in [5.74, 6) is -0.236. The molecule has 1 aromatic carbocycles. The van der Waals surface area contributed by atoms with Gasteiger partial charge in [-0.3, -0.25) is 0 Å². The average molecular weight is 302 g/mol. The van der Waals surface area contributed by atoms with Gasteiger partial charge in [-0.05, 0) is 63.0 Å². The van der Waals surface area contributed by atoms with Crippen molar-refractivity contribution in [2.45, 2.75) is 38.7 Å². The Hall–Kier alpha value is -1.44. The third-order valence-electron chi connectivity index (χ3n) is 5.72. The Balaban J connectivity index is 2.16.